The lowest BCUT2D eigenvalue weighted by atomic mass is 10.2. The number of aromatic nitrogens is 1. The Kier molecular flexibility index (Phi) is 4.56. The van der Waals surface area contributed by atoms with Crippen molar-refractivity contribution in [3.05, 3.63) is 29.8 Å². The van der Waals surface area contributed by atoms with Crippen LogP contribution in [0.1, 0.15) is 17.3 Å². The van der Waals surface area contributed by atoms with Crippen LogP contribution in [0.25, 0.3) is 0 Å². The topological polar surface area (TPSA) is 59.5 Å². The van der Waals surface area contributed by atoms with E-state index in [1.54, 1.807) is 6.92 Å². The number of likely N-dealkylation sites (N-methyl/N-ethyl adjacent to an activating group) is 1. The summed E-state index contributed by atoms with van der Waals surface area (Å²) in [6.45, 7) is 1.95. The predicted molar refractivity (Wildman–Crippen MR) is 57.8 cm³/mol. The number of carbonyl (C=O) groups is 2. The standard InChI is InChI=1S/C11H13FN2O3/c1-3-14(7-10(15)17-2)11(16)8-4-5-9(12)13-6-8/h4-6H,3,7H2,1-2H3. The lowest BCUT2D eigenvalue weighted by Crippen LogP contribution is -2.36. The van der Waals surface area contributed by atoms with Gasteiger partial charge in [0, 0.05) is 12.7 Å². The van der Waals surface area contributed by atoms with Crippen molar-refractivity contribution in [3.63, 3.8) is 0 Å². The highest BCUT2D eigenvalue weighted by Crippen LogP contribution is 2.04. The molecule has 0 bridgehead atoms. The number of carbonyl (C=O) groups excluding carboxylic acids is 2. The Labute approximate surface area is 98.2 Å². The molecule has 0 aliphatic heterocycles. The fourth-order valence-electron chi connectivity index (χ4n) is 1.23. The van der Waals surface area contributed by atoms with Crippen LogP contribution in [0.5, 0.6) is 0 Å². The number of halogens is 1. The first-order valence-corrected chi connectivity index (χ1v) is 5.06. The van der Waals surface area contributed by atoms with Crippen LogP contribution in [0.2, 0.25) is 0 Å². The quantitative estimate of drug-likeness (QED) is 0.578. The molecular formula is C11H13FN2O3. The molecule has 0 aliphatic carbocycles. The second-order valence-electron chi connectivity index (χ2n) is 3.27. The first kappa shape index (κ1) is 13.1. The molecule has 0 unspecified atom stereocenters. The number of amides is 1. The maximum Gasteiger partial charge on any atom is 0.325 e. The Balaban J connectivity index is 2.78. The Hall–Kier alpha value is -1.98. The van der Waals surface area contributed by atoms with Crippen LogP contribution in [0.3, 0.4) is 0 Å². The first-order chi connectivity index (χ1) is 8.08. The number of ether oxygens (including phenoxy) is 1. The van der Waals surface area contributed by atoms with E-state index in [2.05, 4.69) is 9.72 Å². The maximum atomic E-state index is 12.6. The van der Waals surface area contributed by atoms with Crippen molar-refractivity contribution in [1.29, 1.82) is 0 Å². The van der Waals surface area contributed by atoms with Crippen molar-refractivity contribution in [3.8, 4) is 0 Å². The number of rotatable bonds is 4. The molecule has 1 aromatic rings. The third kappa shape index (κ3) is 3.51. The predicted octanol–water partition coefficient (Wildman–Crippen LogP) is 0.856. The van der Waals surface area contributed by atoms with Gasteiger partial charge in [0.05, 0.1) is 12.7 Å². The van der Waals surface area contributed by atoms with Gasteiger partial charge < -0.3 is 9.64 Å². The van der Waals surface area contributed by atoms with Crippen molar-refractivity contribution in [1.82, 2.24) is 9.88 Å². The number of nitrogens with zero attached hydrogens (tertiary/aromatic N) is 2. The minimum atomic E-state index is -0.655. The fraction of sp³-hybridized carbons (Fsp3) is 0.364. The molecule has 1 heterocycles. The molecule has 0 N–H and O–H groups in total. The minimum Gasteiger partial charge on any atom is -0.468 e. The van der Waals surface area contributed by atoms with Crippen molar-refractivity contribution in [2.24, 2.45) is 0 Å². The van der Waals surface area contributed by atoms with Crippen LogP contribution in [0, 0.1) is 5.95 Å². The minimum absolute atomic E-state index is 0.136. The maximum absolute atomic E-state index is 12.6. The Morgan fingerprint density at radius 1 is 1.47 bits per heavy atom. The van der Waals surface area contributed by atoms with Crippen molar-refractivity contribution in [2.45, 2.75) is 6.92 Å². The summed E-state index contributed by atoms with van der Waals surface area (Å²) >= 11 is 0. The summed E-state index contributed by atoms with van der Waals surface area (Å²) in [5, 5.41) is 0. The monoisotopic (exact) mass is 240 g/mol. The summed E-state index contributed by atoms with van der Waals surface area (Å²) in [4.78, 5) is 27.7. The van der Waals surface area contributed by atoms with Gasteiger partial charge in [-0.05, 0) is 19.1 Å². The SMILES string of the molecule is CCN(CC(=O)OC)C(=O)c1ccc(F)nc1. The van der Waals surface area contributed by atoms with Gasteiger partial charge in [0.2, 0.25) is 5.95 Å². The van der Waals surface area contributed by atoms with E-state index in [9.17, 15) is 14.0 Å². The van der Waals surface area contributed by atoms with Crippen molar-refractivity contribution >= 4 is 11.9 Å². The molecule has 1 amide bonds. The van der Waals surface area contributed by atoms with E-state index in [1.807, 2.05) is 0 Å². The molecule has 0 saturated heterocycles. The Morgan fingerprint density at radius 3 is 2.65 bits per heavy atom. The molecular weight excluding hydrogens is 227 g/mol. The molecule has 0 fully saturated rings. The molecule has 0 aliphatic rings. The van der Waals surface area contributed by atoms with Gasteiger partial charge in [-0.1, -0.05) is 0 Å². The number of hydrogen-bond donors (Lipinski definition) is 0. The van der Waals surface area contributed by atoms with Gasteiger partial charge in [0.15, 0.2) is 0 Å². The average molecular weight is 240 g/mol. The van der Waals surface area contributed by atoms with Gasteiger partial charge in [-0.3, -0.25) is 9.59 Å². The molecule has 6 heteroatoms. The first-order valence-electron chi connectivity index (χ1n) is 5.06. The lowest BCUT2D eigenvalue weighted by Gasteiger charge is -2.19. The van der Waals surface area contributed by atoms with Crippen molar-refractivity contribution < 1.29 is 18.7 Å². The second-order valence-corrected chi connectivity index (χ2v) is 3.27. The normalized spacial score (nSPS) is 9.82. The van der Waals surface area contributed by atoms with Crippen LogP contribution in [-0.4, -0.2) is 42.0 Å². The Bertz CT molecular complexity index is 406. The number of methoxy groups -OCH3 is 1. The molecule has 1 aromatic heterocycles. The summed E-state index contributed by atoms with van der Waals surface area (Å²) in [6.07, 6.45) is 1.14. The van der Waals surface area contributed by atoms with Gasteiger partial charge in [0.1, 0.15) is 6.54 Å². The Morgan fingerprint density at radius 2 is 2.18 bits per heavy atom. The molecule has 1 rings (SSSR count). The molecule has 0 aromatic carbocycles. The summed E-state index contributed by atoms with van der Waals surface area (Å²) in [5.41, 5.74) is 0.233. The molecule has 0 radical (unpaired) electrons. The van der Waals surface area contributed by atoms with Crippen LogP contribution in [0.4, 0.5) is 4.39 Å². The van der Waals surface area contributed by atoms with E-state index in [4.69, 9.17) is 0 Å². The lowest BCUT2D eigenvalue weighted by molar-refractivity contribution is -0.141. The fourth-order valence-corrected chi connectivity index (χ4v) is 1.23. The smallest absolute Gasteiger partial charge is 0.325 e. The largest absolute Gasteiger partial charge is 0.468 e. The van der Waals surface area contributed by atoms with E-state index in [0.717, 1.165) is 12.3 Å². The van der Waals surface area contributed by atoms with Gasteiger partial charge in [0.25, 0.3) is 5.91 Å². The summed E-state index contributed by atoms with van der Waals surface area (Å²) in [6, 6.07) is 2.42. The molecule has 0 saturated carbocycles. The highest BCUT2D eigenvalue weighted by Gasteiger charge is 2.17. The van der Waals surface area contributed by atoms with Crippen molar-refractivity contribution in [2.75, 3.05) is 20.2 Å². The number of pyridine rings is 1. The van der Waals surface area contributed by atoms with E-state index >= 15 is 0 Å². The zero-order valence-electron chi connectivity index (χ0n) is 9.64. The zero-order chi connectivity index (χ0) is 12.8. The van der Waals surface area contributed by atoms with Gasteiger partial charge >= 0.3 is 5.97 Å². The molecule has 92 valence electrons. The highest BCUT2D eigenvalue weighted by atomic mass is 19.1. The number of esters is 1. The highest BCUT2D eigenvalue weighted by molar-refractivity contribution is 5.95. The number of hydrogen-bond acceptors (Lipinski definition) is 4. The van der Waals surface area contributed by atoms with Gasteiger partial charge in [-0.15, -0.1) is 0 Å². The molecule has 0 spiro atoms. The average Bonchev–Trinajstić information content (AvgIpc) is 2.35. The third-order valence-electron chi connectivity index (χ3n) is 2.19. The third-order valence-corrected chi connectivity index (χ3v) is 2.19. The summed E-state index contributed by atoms with van der Waals surface area (Å²) in [7, 11) is 1.25. The summed E-state index contributed by atoms with van der Waals surface area (Å²) < 4.78 is 17.1. The molecule has 5 nitrogen and oxygen atoms in total. The van der Waals surface area contributed by atoms with Crippen LogP contribution in [-0.2, 0) is 9.53 Å². The van der Waals surface area contributed by atoms with E-state index in [1.165, 1.54) is 18.1 Å². The van der Waals surface area contributed by atoms with Crippen LogP contribution < -0.4 is 0 Å². The second kappa shape index (κ2) is 5.93. The van der Waals surface area contributed by atoms with E-state index in [0.29, 0.717) is 6.54 Å². The summed E-state index contributed by atoms with van der Waals surface area (Å²) in [5.74, 6) is -1.54. The van der Waals surface area contributed by atoms with Crippen LogP contribution >= 0.6 is 0 Å². The van der Waals surface area contributed by atoms with E-state index in [-0.39, 0.29) is 18.0 Å². The van der Waals surface area contributed by atoms with Gasteiger partial charge in [-0.25, -0.2) is 4.98 Å². The molecule has 17 heavy (non-hydrogen) atoms. The van der Waals surface area contributed by atoms with Crippen LogP contribution in [0.15, 0.2) is 18.3 Å². The van der Waals surface area contributed by atoms with E-state index < -0.39 is 11.9 Å². The molecule has 0 atom stereocenters. The van der Waals surface area contributed by atoms with Gasteiger partial charge in [-0.2, -0.15) is 4.39 Å². The zero-order valence-corrected chi connectivity index (χ0v) is 9.64.